The number of carbonyl (C=O) groups is 1. The van der Waals surface area contributed by atoms with Crippen LogP contribution in [-0.4, -0.2) is 19.3 Å². The molecule has 0 aliphatic rings. The maximum absolute atomic E-state index is 13.4. The van der Waals surface area contributed by atoms with Crippen molar-refractivity contribution >= 4 is 38.6 Å². The van der Waals surface area contributed by atoms with E-state index in [1.165, 1.54) is 35.6 Å². The fourth-order valence-corrected chi connectivity index (χ4v) is 4.96. The fraction of sp³-hybridized carbons (Fsp3) is 0.0833. The van der Waals surface area contributed by atoms with Crippen molar-refractivity contribution in [1.29, 1.82) is 0 Å². The maximum atomic E-state index is 13.4. The summed E-state index contributed by atoms with van der Waals surface area (Å²) in [4.78, 5) is 16.5. The molecule has 3 aromatic carbocycles. The molecule has 0 atom stereocenters. The number of hydrogen-bond donors (Lipinski definition) is 2. The summed E-state index contributed by atoms with van der Waals surface area (Å²) < 4.78 is 53.5. The van der Waals surface area contributed by atoms with Crippen molar-refractivity contribution in [2.75, 3.05) is 10.0 Å². The number of rotatable bonds is 7. The van der Waals surface area contributed by atoms with Gasteiger partial charge in [0.05, 0.1) is 17.0 Å². The molecule has 0 fully saturated rings. The molecule has 0 saturated carbocycles. The van der Waals surface area contributed by atoms with Gasteiger partial charge < -0.3 is 5.32 Å². The van der Waals surface area contributed by atoms with E-state index in [0.717, 1.165) is 28.3 Å². The molecular formula is C24H19F2N3O3S2. The molecule has 2 N–H and O–H groups in total. The SMILES string of the molecule is Cc1ccc(-c2nc(CC(=O)Nc3ccc(NS(=O)(=O)c4ccc(F)c(F)c4)cc3)cs2)cc1. The van der Waals surface area contributed by atoms with E-state index in [-0.39, 0.29) is 18.0 Å². The molecule has 0 spiro atoms. The highest BCUT2D eigenvalue weighted by Crippen LogP contribution is 2.25. The van der Waals surface area contributed by atoms with Gasteiger partial charge in [-0.15, -0.1) is 11.3 Å². The molecule has 1 heterocycles. The summed E-state index contributed by atoms with van der Waals surface area (Å²) in [6.07, 6.45) is 0.0902. The number of aryl methyl sites for hydroxylation is 1. The Balaban J connectivity index is 1.36. The van der Waals surface area contributed by atoms with Crippen molar-refractivity contribution in [3.05, 3.63) is 95.0 Å². The van der Waals surface area contributed by atoms with Crippen molar-refractivity contribution in [3.63, 3.8) is 0 Å². The first-order valence-corrected chi connectivity index (χ1v) is 12.5. The third-order valence-electron chi connectivity index (χ3n) is 4.81. The minimum atomic E-state index is -4.10. The summed E-state index contributed by atoms with van der Waals surface area (Å²) in [7, 11) is -4.10. The minimum Gasteiger partial charge on any atom is -0.326 e. The van der Waals surface area contributed by atoms with Crippen LogP contribution in [0.3, 0.4) is 0 Å². The topological polar surface area (TPSA) is 88.2 Å². The van der Waals surface area contributed by atoms with Gasteiger partial charge in [0.15, 0.2) is 11.6 Å². The number of hydrogen-bond acceptors (Lipinski definition) is 5. The predicted octanol–water partition coefficient (Wildman–Crippen LogP) is 5.38. The summed E-state index contributed by atoms with van der Waals surface area (Å²) in [5, 5.41) is 5.41. The first kappa shape index (κ1) is 23.5. The van der Waals surface area contributed by atoms with Gasteiger partial charge in [-0.05, 0) is 49.4 Å². The summed E-state index contributed by atoms with van der Waals surface area (Å²) in [5.74, 6) is -2.66. The van der Waals surface area contributed by atoms with Gasteiger partial charge in [-0.1, -0.05) is 29.8 Å². The molecule has 0 bridgehead atoms. The Kier molecular flexibility index (Phi) is 6.71. The number of halogens is 2. The zero-order valence-corrected chi connectivity index (χ0v) is 19.5. The molecular weight excluding hydrogens is 480 g/mol. The van der Waals surface area contributed by atoms with Crippen molar-refractivity contribution in [2.45, 2.75) is 18.2 Å². The van der Waals surface area contributed by atoms with Crippen molar-refractivity contribution < 1.29 is 22.0 Å². The number of nitrogens with zero attached hydrogens (tertiary/aromatic N) is 1. The van der Waals surface area contributed by atoms with Crippen LogP contribution in [0.1, 0.15) is 11.3 Å². The summed E-state index contributed by atoms with van der Waals surface area (Å²) in [5.41, 5.74) is 3.46. The Labute approximate surface area is 199 Å². The number of benzene rings is 3. The van der Waals surface area contributed by atoms with Gasteiger partial charge in [0.2, 0.25) is 5.91 Å². The monoisotopic (exact) mass is 499 g/mol. The van der Waals surface area contributed by atoms with Crippen LogP contribution in [0.2, 0.25) is 0 Å². The van der Waals surface area contributed by atoms with Crippen LogP contribution in [-0.2, 0) is 21.2 Å². The zero-order valence-electron chi connectivity index (χ0n) is 17.9. The Morgan fingerprint density at radius 1 is 0.941 bits per heavy atom. The van der Waals surface area contributed by atoms with Gasteiger partial charge in [-0.2, -0.15) is 0 Å². The van der Waals surface area contributed by atoms with Crippen LogP contribution in [0.25, 0.3) is 10.6 Å². The van der Waals surface area contributed by atoms with Gasteiger partial charge in [0.1, 0.15) is 5.01 Å². The molecule has 0 unspecified atom stereocenters. The van der Waals surface area contributed by atoms with E-state index in [4.69, 9.17) is 0 Å². The Bertz CT molecular complexity index is 1440. The molecule has 0 radical (unpaired) electrons. The lowest BCUT2D eigenvalue weighted by molar-refractivity contribution is -0.115. The van der Waals surface area contributed by atoms with Crippen LogP contribution < -0.4 is 10.0 Å². The molecule has 4 aromatic rings. The van der Waals surface area contributed by atoms with E-state index < -0.39 is 26.6 Å². The van der Waals surface area contributed by atoms with E-state index in [9.17, 15) is 22.0 Å². The summed E-state index contributed by atoms with van der Waals surface area (Å²) in [6, 6.07) is 16.3. The van der Waals surface area contributed by atoms with Gasteiger partial charge >= 0.3 is 0 Å². The van der Waals surface area contributed by atoms with E-state index in [1.807, 2.05) is 36.6 Å². The molecule has 1 amide bonds. The highest BCUT2D eigenvalue weighted by molar-refractivity contribution is 7.92. The first-order chi connectivity index (χ1) is 16.2. The fourth-order valence-electron chi connectivity index (χ4n) is 3.07. The highest BCUT2D eigenvalue weighted by atomic mass is 32.2. The van der Waals surface area contributed by atoms with Gasteiger partial charge in [0, 0.05) is 22.3 Å². The quantitative estimate of drug-likeness (QED) is 0.357. The number of nitrogens with one attached hydrogen (secondary N) is 2. The molecule has 10 heteroatoms. The molecule has 6 nitrogen and oxygen atoms in total. The van der Waals surface area contributed by atoms with Crippen molar-refractivity contribution in [2.24, 2.45) is 0 Å². The predicted molar refractivity (Wildman–Crippen MR) is 128 cm³/mol. The van der Waals surface area contributed by atoms with Crippen LogP contribution in [0.5, 0.6) is 0 Å². The van der Waals surface area contributed by atoms with Crippen molar-refractivity contribution in [3.8, 4) is 10.6 Å². The Hall–Kier alpha value is -3.63. The van der Waals surface area contributed by atoms with Gasteiger partial charge in [-0.25, -0.2) is 22.2 Å². The lowest BCUT2D eigenvalue weighted by Gasteiger charge is -2.10. The third kappa shape index (κ3) is 5.64. The normalized spacial score (nSPS) is 11.3. The second-order valence-corrected chi connectivity index (χ2v) is 10.0. The molecule has 0 saturated heterocycles. The molecule has 4 rings (SSSR count). The summed E-state index contributed by atoms with van der Waals surface area (Å²) in [6.45, 7) is 2.01. The number of thiazole rings is 1. The summed E-state index contributed by atoms with van der Waals surface area (Å²) >= 11 is 1.46. The second-order valence-electron chi connectivity index (χ2n) is 7.49. The molecule has 1 aromatic heterocycles. The number of anilines is 2. The van der Waals surface area contributed by atoms with Crippen LogP contribution in [0.4, 0.5) is 20.2 Å². The van der Waals surface area contributed by atoms with Crippen molar-refractivity contribution in [1.82, 2.24) is 4.98 Å². The smallest absolute Gasteiger partial charge is 0.261 e. The van der Waals surface area contributed by atoms with Gasteiger partial charge in [-0.3, -0.25) is 9.52 Å². The minimum absolute atomic E-state index is 0.0902. The molecule has 174 valence electrons. The maximum Gasteiger partial charge on any atom is 0.261 e. The van der Waals surface area contributed by atoms with E-state index in [1.54, 1.807) is 0 Å². The van der Waals surface area contributed by atoms with E-state index in [2.05, 4.69) is 15.0 Å². The zero-order chi connectivity index (χ0) is 24.3. The highest BCUT2D eigenvalue weighted by Gasteiger charge is 2.17. The average molecular weight is 500 g/mol. The second kappa shape index (κ2) is 9.70. The first-order valence-electron chi connectivity index (χ1n) is 10.1. The standard InChI is InChI=1S/C24H19F2N3O3S2/c1-15-2-4-16(5-3-15)24-28-19(14-33-24)12-23(30)27-17-6-8-18(9-7-17)29-34(31,32)20-10-11-21(25)22(26)13-20/h2-11,13-14,29H,12H2,1H3,(H,27,30). The number of sulfonamides is 1. The van der Waals surface area contributed by atoms with Crippen LogP contribution in [0.15, 0.2) is 77.0 Å². The number of carbonyl (C=O) groups excluding carboxylic acids is 1. The third-order valence-corrected chi connectivity index (χ3v) is 7.13. The van der Waals surface area contributed by atoms with E-state index in [0.29, 0.717) is 17.4 Å². The van der Waals surface area contributed by atoms with E-state index >= 15 is 0 Å². The van der Waals surface area contributed by atoms with Crippen LogP contribution in [0, 0.1) is 18.6 Å². The lowest BCUT2D eigenvalue weighted by atomic mass is 10.2. The average Bonchev–Trinajstić information content (AvgIpc) is 3.25. The number of amides is 1. The number of aromatic nitrogens is 1. The van der Waals surface area contributed by atoms with Crippen LogP contribution >= 0.6 is 11.3 Å². The van der Waals surface area contributed by atoms with Gasteiger partial charge in [0.25, 0.3) is 10.0 Å². The Morgan fingerprint density at radius 3 is 2.29 bits per heavy atom. The molecule has 0 aliphatic carbocycles. The Morgan fingerprint density at radius 2 is 1.62 bits per heavy atom. The molecule has 34 heavy (non-hydrogen) atoms. The lowest BCUT2D eigenvalue weighted by Crippen LogP contribution is -2.15. The molecule has 0 aliphatic heterocycles. The largest absolute Gasteiger partial charge is 0.326 e.